The Hall–Kier alpha value is -2.82. The molecule has 0 atom stereocenters. The number of amides is 2. The largest absolute Gasteiger partial charge is 0.322 e. The Morgan fingerprint density at radius 2 is 1.07 bits per heavy atom. The van der Waals surface area contributed by atoms with E-state index in [1.54, 1.807) is 66.7 Å². The van der Waals surface area contributed by atoms with E-state index in [-0.39, 0.29) is 11.8 Å². The van der Waals surface area contributed by atoms with E-state index in [2.05, 4.69) is 10.6 Å². The van der Waals surface area contributed by atoms with Gasteiger partial charge >= 0.3 is 0 Å². The van der Waals surface area contributed by atoms with Crippen LogP contribution in [0.3, 0.4) is 0 Å². The van der Waals surface area contributed by atoms with Crippen LogP contribution in [-0.2, 0) is 0 Å². The fourth-order valence-corrected chi connectivity index (χ4v) is 3.02. The molecule has 0 heterocycles. The summed E-state index contributed by atoms with van der Waals surface area (Å²) >= 11 is 12.2. The third kappa shape index (κ3) is 4.30. The molecule has 4 nitrogen and oxygen atoms in total. The van der Waals surface area contributed by atoms with Crippen LogP contribution in [-0.4, -0.2) is 11.8 Å². The van der Waals surface area contributed by atoms with Gasteiger partial charge in [0.05, 0.1) is 21.2 Å². The van der Waals surface area contributed by atoms with E-state index in [1.165, 1.54) is 0 Å². The van der Waals surface area contributed by atoms with Crippen LogP contribution in [0, 0.1) is 6.92 Å². The Kier molecular flexibility index (Phi) is 5.79. The molecule has 27 heavy (non-hydrogen) atoms. The molecular weight excluding hydrogens is 383 g/mol. The summed E-state index contributed by atoms with van der Waals surface area (Å²) in [6.45, 7) is 1.81. The molecule has 0 unspecified atom stereocenters. The van der Waals surface area contributed by atoms with E-state index in [4.69, 9.17) is 23.2 Å². The van der Waals surface area contributed by atoms with Crippen LogP contribution in [0.5, 0.6) is 0 Å². The lowest BCUT2D eigenvalue weighted by atomic mass is 10.1. The van der Waals surface area contributed by atoms with Crippen LogP contribution in [0.2, 0.25) is 10.0 Å². The minimum absolute atomic E-state index is 0.321. The smallest absolute Gasteiger partial charge is 0.257 e. The monoisotopic (exact) mass is 398 g/mol. The molecule has 0 spiro atoms. The molecule has 0 fully saturated rings. The summed E-state index contributed by atoms with van der Waals surface area (Å²) in [5, 5.41) is 6.41. The van der Waals surface area contributed by atoms with Crippen LogP contribution in [0.1, 0.15) is 26.3 Å². The number of anilines is 2. The molecule has 0 saturated carbocycles. The first kappa shape index (κ1) is 19.0. The van der Waals surface area contributed by atoms with Gasteiger partial charge in [0.25, 0.3) is 11.8 Å². The number of carbonyl (C=O) groups excluding carboxylic acids is 2. The van der Waals surface area contributed by atoms with Gasteiger partial charge in [0.1, 0.15) is 0 Å². The van der Waals surface area contributed by atoms with Crippen LogP contribution in [0.15, 0.2) is 66.7 Å². The van der Waals surface area contributed by atoms with Crippen LogP contribution in [0.25, 0.3) is 0 Å². The van der Waals surface area contributed by atoms with Gasteiger partial charge < -0.3 is 10.6 Å². The van der Waals surface area contributed by atoms with Gasteiger partial charge in [-0.1, -0.05) is 53.5 Å². The summed E-state index contributed by atoms with van der Waals surface area (Å²) in [6, 6.07) is 18.9. The normalized spacial score (nSPS) is 10.3. The Morgan fingerprint density at radius 3 is 1.48 bits per heavy atom. The highest BCUT2D eigenvalue weighted by Crippen LogP contribution is 2.26. The van der Waals surface area contributed by atoms with Gasteiger partial charge in [0.2, 0.25) is 0 Å². The lowest BCUT2D eigenvalue weighted by Gasteiger charge is -2.14. The second-order valence-corrected chi connectivity index (χ2v) is 6.66. The fourth-order valence-electron chi connectivity index (χ4n) is 2.58. The van der Waals surface area contributed by atoms with Crippen molar-refractivity contribution in [3.8, 4) is 0 Å². The van der Waals surface area contributed by atoms with Gasteiger partial charge in [0, 0.05) is 11.4 Å². The van der Waals surface area contributed by atoms with Gasteiger partial charge in [-0.15, -0.1) is 0 Å². The van der Waals surface area contributed by atoms with Crippen molar-refractivity contribution in [2.45, 2.75) is 6.92 Å². The van der Waals surface area contributed by atoms with Crippen molar-refractivity contribution in [3.63, 3.8) is 0 Å². The first-order valence-corrected chi connectivity index (χ1v) is 8.94. The Bertz CT molecular complexity index is 941. The third-order valence-electron chi connectivity index (χ3n) is 4.07. The summed E-state index contributed by atoms with van der Waals surface area (Å²) in [5.74, 6) is -0.642. The van der Waals surface area contributed by atoms with Crippen molar-refractivity contribution in [3.05, 3.63) is 93.5 Å². The molecule has 3 aromatic rings. The molecule has 0 radical (unpaired) electrons. The number of rotatable bonds is 4. The maximum atomic E-state index is 12.5. The molecule has 2 N–H and O–H groups in total. The predicted octanol–water partition coefficient (Wildman–Crippen LogP) is 5.81. The predicted molar refractivity (Wildman–Crippen MR) is 110 cm³/mol. The highest BCUT2D eigenvalue weighted by atomic mass is 35.5. The fraction of sp³-hybridized carbons (Fsp3) is 0.0476. The number of hydrogen-bond acceptors (Lipinski definition) is 2. The molecule has 3 aromatic carbocycles. The average molecular weight is 399 g/mol. The molecule has 2 amide bonds. The lowest BCUT2D eigenvalue weighted by molar-refractivity contribution is 0.101. The standard InChI is InChI=1S/C21H16Cl2N2O2/c1-13-18(24-20(26)14-7-2-4-9-16(14)22)11-6-12-19(13)25-21(27)15-8-3-5-10-17(15)23/h2-12H,1H3,(H,24,26)(H,25,27). The molecule has 136 valence electrons. The van der Waals surface area contributed by atoms with Gasteiger partial charge in [-0.2, -0.15) is 0 Å². The summed E-state index contributed by atoms with van der Waals surface area (Å²) in [5.41, 5.74) is 2.64. The second-order valence-electron chi connectivity index (χ2n) is 5.85. The minimum Gasteiger partial charge on any atom is -0.322 e. The maximum Gasteiger partial charge on any atom is 0.257 e. The highest BCUT2D eigenvalue weighted by Gasteiger charge is 2.15. The molecular formula is C21H16Cl2N2O2. The quantitative estimate of drug-likeness (QED) is 0.582. The third-order valence-corrected chi connectivity index (χ3v) is 4.73. The summed E-state index contributed by atoms with van der Waals surface area (Å²) < 4.78 is 0. The SMILES string of the molecule is Cc1c(NC(=O)c2ccccc2Cl)cccc1NC(=O)c1ccccc1Cl. The van der Waals surface area contributed by atoms with E-state index >= 15 is 0 Å². The number of nitrogens with one attached hydrogen (secondary N) is 2. The second kappa shape index (κ2) is 8.25. The van der Waals surface area contributed by atoms with Crippen molar-refractivity contribution in [1.29, 1.82) is 0 Å². The molecule has 0 bridgehead atoms. The topological polar surface area (TPSA) is 58.2 Å². The van der Waals surface area contributed by atoms with Gasteiger partial charge in [-0.05, 0) is 48.9 Å². The van der Waals surface area contributed by atoms with Crippen molar-refractivity contribution in [1.82, 2.24) is 0 Å². The van der Waals surface area contributed by atoms with Crippen molar-refractivity contribution in [2.75, 3.05) is 10.6 Å². The minimum atomic E-state index is -0.321. The zero-order chi connectivity index (χ0) is 19.4. The van der Waals surface area contributed by atoms with Gasteiger partial charge in [0.15, 0.2) is 0 Å². The summed E-state index contributed by atoms with van der Waals surface area (Å²) in [6.07, 6.45) is 0. The molecule has 6 heteroatoms. The van der Waals surface area contributed by atoms with E-state index in [0.717, 1.165) is 5.56 Å². The Balaban J connectivity index is 1.82. The molecule has 0 aliphatic heterocycles. The molecule has 0 saturated heterocycles. The number of benzene rings is 3. The first-order valence-electron chi connectivity index (χ1n) is 8.18. The number of carbonyl (C=O) groups is 2. The summed E-state index contributed by atoms with van der Waals surface area (Å²) in [7, 11) is 0. The van der Waals surface area contributed by atoms with Crippen molar-refractivity contribution >= 4 is 46.4 Å². The molecule has 3 rings (SSSR count). The highest BCUT2D eigenvalue weighted by molar-refractivity contribution is 6.35. The zero-order valence-electron chi connectivity index (χ0n) is 14.4. The first-order chi connectivity index (χ1) is 13.0. The summed E-state index contributed by atoms with van der Waals surface area (Å²) in [4.78, 5) is 25.0. The van der Waals surface area contributed by atoms with Crippen molar-refractivity contribution < 1.29 is 9.59 Å². The Labute approximate surface area is 167 Å². The van der Waals surface area contributed by atoms with Crippen LogP contribution < -0.4 is 10.6 Å². The van der Waals surface area contributed by atoms with Crippen molar-refractivity contribution in [2.24, 2.45) is 0 Å². The Morgan fingerprint density at radius 1 is 0.667 bits per heavy atom. The van der Waals surface area contributed by atoms with E-state index in [9.17, 15) is 9.59 Å². The van der Waals surface area contributed by atoms with Crippen LogP contribution >= 0.6 is 23.2 Å². The maximum absolute atomic E-state index is 12.5. The molecule has 0 aliphatic carbocycles. The van der Waals surface area contributed by atoms with E-state index < -0.39 is 0 Å². The van der Waals surface area contributed by atoms with Gasteiger partial charge in [-0.3, -0.25) is 9.59 Å². The number of hydrogen-bond donors (Lipinski definition) is 2. The average Bonchev–Trinajstić information content (AvgIpc) is 2.65. The van der Waals surface area contributed by atoms with Crippen LogP contribution in [0.4, 0.5) is 11.4 Å². The lowest BCUT2D eigenvalue weighted by Crippen LogP contribution is -2.16. The molecule has 0 aliphatic rings. The van der Waals surface area contributed by atoms with E-state index in [1.807, 2.05) is 6.92 Å². The van der Waals surface area contributed by atoms with E-state index in [0.29, 0.717) is 32.5 Å². The zero-order valence-corrected chi connectivity index (χ0v) is 15.9. The molecule has 0 aromatic heterocycles. The van der Waals surface area contributed by atoms with Gasteiger partial charge in [-0.25, -0.2) is 0 Å². The number of halogens is 2.